The first-order chi connectivity index (χ1) is 12.6. The molecule has 0 bridgehead atoms. The number of hydrogen-bond acceptors (Lipinski definition) is 3. The molecule has 2 saturated heterocycles. The first-order valence-corrected chi connectivity index (χ1v) is 10.0. The Kier molecular flexibility index (Phi) is 6.92. The van der Waals surface area contributed by atoms with Gasteiger partial charge >= 0.3 is 0 Å². The van der Waals surface area contributed by atoms with Crippen molar-refractivity contribution in [2.24, 2.45) is 5.92 Å². The predicted octanol–water partition coefficient (Wildman–Crippen LogP) is 2.33. The highest BCUT2D eigenvalue weighted by molar-refractivity contribution is 6.30. The Labute approximate surface area is 160 Å². The van der Waals surface area contributed by atoms with Gasteiger partial charge in [0.15, 0.2) is 0 Å². The van der Waals surface area contributed by atoms with Crippen molar-refractivity contribution in [1.29, 1.82) is 0 Å². The van der Waals surface area contributed by atoms with E-state index in [2.05, 4.69) is 5.32 Å². The molecule has 1 aromatic carbocycles. The average Bonchev–Trinajstić information content (AvgIpc) is 2.69. The summed E-state index contributed by atoms with van der Waals surface area (Å²) < 4.78 is 0. The van der Waals surface area contributed by atoms with E-state index in [1.54, 1.807) is 0 Å². The normalized spacial score (nSPS) is 18.8. The molecule has 0 spiro atoms. The van der Waals surface area contributed by atoms with E-state index in [9.17, 15) is 9.59 Å². The molecule has 2 heterocycles. The Balaban J connectivity index is 1.39. The van der Waals surface area contributed by atoms with E-state index in [0.717, 1.165) is 25.1 Å². The highest BCUT2D eigenvalue weighted by Gasteiger charge is 2.24. The second kappa shape index (κ2) is 9.38. The van der Waals surface area contributed by atoms with Gasteiger partial charge in [-0.2, -0.15) is 0 Å². The molecule has 0 aliphatic carbocycles. The number of nitrogens with one attached hydrogen (secondary N) is 1. The lowest BCUT2D eigenvalue weighted by molar-refractivity contribution is -0.139. The number of hydrogen-bond donors (Lipinski definition) is 1. The molecule has 0 radical (unpaired) electrons. The maximum atomic E-state index is 12.4. The predicted molar refractivity (Wildman–Crippen MR) is 103 cm³/mol. The summed E-state index contributed by atoms with van der Waals surface area (Å²) in [6.07, 6.45) is 4.39. The van der Waals surface area contributed by atoms with Gasteiger partial charge in [-0.1, -0.05) is 23.7 Å². The molecule has 0 atom stereocenters. The summed E-state index contributed by atoms with van der Waals surface area (Å²) in [6, 6.07) is 7.40. The zero-order valence-corrected chi connectivity index (χ0v) is 16.0. The van der Waals surface area contributed by atoms with Crippen molar-refractivity contribution in [3.63, 3.8) is 0 Å². The Morgan fingerprint density at radius 2 is 1.54 bits per heavy atom. The smallest absolute Gasteiger partial charge is 0.227 e. The minimum atomic E-state index is 0.120. The Morgan fingerprint density at radius 3 is 2.15 bits per heavy atom. The van der Waals surface area contributed by atoms with E-state index in [1.807, 2.05) is 34.1 Å². The molecule has 26 heavy (non-hydrogen) atoms. The van der Waals surface area contributed by atoms with Crippen LogP contribution in [0, 0.1) is 5.92 Å². The van der Waals surface area contributed by atoms with Gasteiger partial charge in [-0.25, -0.2) is 0 Å². The number of rotatable bonds is 5. The Hall–Kier alpha value is -1.59. The lowest BCUT2D eigenvalue weighted by Crippen LogP contribution is -2.51. The maximum absolute atomic E-state index is 12.4. The van der Waals surface area contributed by atoms with E-state index in [1.165, 1.54) is 12.8 Å². The van der Waals surface area contributed by atoms with Crippen molar-refractivity contribution < 1.29 is 9.59 Å². The number of benzene rings is 1. The lowest BCUT2D eigenvalue weighted by atomic mass is 9.93. The number of carbonyl (C=O) groups is 2. The Morgan fingerprint density at radius 1 is 0.962 bits per heavy atom. The number of piperazine rings is 1. The van der Waals surface area contributed by atoms with Crippen LogP contribution in [0.2, 0.25) is 5.02 Å². The van der Waals surface area contributed by atoms with Crippen LogP contribution in [0.1, 0.15) is 31.2 Å². The van der Waals surface area contributed by atoms with Crippen molar-refractivity contribution in [2.75, 3.05) is 39.3 Å². The topological polar surface area (TPSA) is 52.7 Å². The van der Waals surface area contributed by atoms with Crippen molar-refractivity contribution >= 4 is 23.4 Å². The summed E-state index contributed by atoms with van der Waals surface area (Å²) in [5.74, 6) is 1.05. The van der Waals surface area contributed by atoms with Gasteiger partial charge in [0, 0.05) is 37.6 Å². The second-order valence-electron chi connectivity index (χ2n) is 7.30. The van der Waals surface area contributed by atoms with Crippen LogP contribution in [-0.4, -0.2) is 60.9 Å². The fourth-order valence-corrected chi connectivity index (χ4v) is 3.88. The SMILES string of the molecule is O=C(CCC1CCNCC1)N1CCN(C(=O)Cc2ccc(Cl)cc2)CC1. The van der Waals surface area contributed by atoms with Crippen LogP contribution in [0.15, 0.2) is 24.3 Å². The third kappa shape index (κ3) is 5.45. The zero-order chi connectivity index (χ0) is 18.4. The third-order valence-corrected chi connectivity index (χ3v) is 5.73. The largest absolute Gasteiger partial charge is 0.339 e. The lowest BCUT2D eigenvalue weighted by Gasteiger charge is -2.35. The molecule has 142 valence electrons. The summed E-state index contributed by atoms with van der Waals surface area (Å²) in [5.41, 5.74) is 0.972. The van der Waals surface area contributed by atoms with Crippen LogP contribution in [0.3, 0.4) is 0 Å². The van der Waals surface area contributed by atoms with E-state index in [0.29, 0.717) is 50.0 Å². The number of carbonyl (C=O) groups excluding carboxylic acids is 2. The number of halogens is 1. The molecule has 2 aliphatic heterocycles. The molecule has 2 aliphatic rings. The molecule has 6 heteroatoms. The van der Waals surface area contributed by atoms with Crippen molar-refractivity contribution in [3.05, 3.63) is 34.9 Å². The van der Waals surface area contributed by atoms with Crippen molar-refractivity contribution in [3.8, 4) is 0 Å². The maximum Gasteiger partial charge on any atom is 0.227 e. The molecular formula is C20H28ClN3O2. The van der Waals surface area contributed by atoms with E-state index in [4.69, 9.17) is 11.6 Å². The van der Waals surface area contributed by atoms with Gasteiger partial charge in [0.1, 0.15) is 0 Å². The molecule has 0 saturated carbocycles. The zero-order valence-electron chi connectivity index (χ0n) is 15.3. The molecule has 5 nitrogen and oxygen atoms in total. The van der Waals surface area contributed by atoms with Crippen LogP contribution in [0.5, 0.6) is 0 Å². The van der Waals surface area contributed by atoms with Gasteiger partial charge in [0.2, 0.25) is 11.8 Å². The number of nitrogens with zero attached hydrogens (tertiary/aromatic N) is 2. The standard InChI is InChI=1S/C20H28ClN3O2/c21-18-4-1-17(2-5-18)15-20(26)24-13-11-23(12-14-24)19(25)6-3-16-7-9-22-10-8-16/h1-2,4-5,16,22H,3,6-15H2. The van der Waals surface area contributed by atoms with Crippen LogP contribution in [0.25, 0.3) is 0 Å². The summed E-state index contributed by atoms with van der Waals surface area (Å²) in [6.45, 7) is 4.71. The summed E-state index contributed by atoms with van der Waals surface area (Å²) >= 11 is 5.88. The fraction of sp³-hybridized carbons (Fsp3) is 0.600. The molecule has 1 N–H and O–H groups in total. The monoisotopic (exact) mass is 377 g/mol. The van der Waals surface area contributed by atoms with E-state index < -0.39 is 0 Å². The third-order valence-electron chi connectivity index (χ3n) is 5.48. The molecule has 2 amide bonds. The van der Waals surface area contributed by atoms with Gasteiger partial charge in [-0.3, -0.25) is 9.59 Å². The highest BCUT2D eigenvalue weighted by atomic mass is 35.5. The van der Waals surface area contributed by atoms with Gasteiger partial charge < -0.3 is 15.1 Å². The summed E-state index contributed by atoms with van der Waals surface area (Å²) in [4.78, 5) is 28.7. The van der Waals surface area contributed by atoms with E-state index in [-0.39, 0.29) is 11.8 Å². The minimum absolute atomic E-state index is 0.120. The molecule has 2 fully saturated rings. The molecular weight excluding hydrogens is 350 g/mol. The van der Waals surface area contributed by atoms with Gasteiger partial charge in [0.05, 0.1) is 6.42 Å². The molecule has 0 unspecified atom stereocenters. The average molecular weight is 378 g/mol. The van der Waals surface area contributed by atoms with Crippen LogP contribution < -0.4 is 5.32 Å². The van der Waals surface area contributed by atoms with Crippen molar-refractivity contribution in [1.82, 2.24) is 15.1 Å². The van der Waals surface area contributed by atoms with Crippen LogP contribution in [0.4, 0.5) is 0 Å². The van der Waals surface area contributed by atoms with Crippen molar-refractivity contribution in [2.45, 2.75) is 32.1 Å². The van der Waals surface area contributed by atoms with Crippen LogP contribution >= 0.6 is 11.6 Å². The number of piperidine rings is 1. The molecule has 3 rings (SSSR count). The van der Waals surface area contributed by atoms with Gasteiger partial charge in [-0.15, -0.1) is 0 Å². The van der Waals surface area contributed by atoms with Gasteiger partial charge in [-0.05, 0) is 56.0 Å². The fourth-order valence-electron chi connectivity index (χ4n) is 3.75. The first kappa shape index (κ1) is 19.2. The number of amides is 2. The minimum Gasteiger partial charge on any atom is -0.339 e. The second-order valence-corrected chi connectivity index (χ2v) is 7.73. The van der Waals surface area contributed by atoms with Gasteiger partial charge in [0.25, 0.3) is 0 Å². The Bertz CT molecular complexity index is 606. The summed E-state index contributed by atoms with van der Waals surface area (Å²) in [5, 5.41) is 4.04. The molecule has 0 aromatic heterocycles. The first-order valence-electron chi connectivity index (χ1n) is 9.62. The highest BCUT2D eigenvalue weighted by Crippen LogP contribution is 2.19. The molecule has 1 aromatic rings. The quantitative estimate of drug-likeness (QED) is 0.856. The van der Waals surface area contributed by atoms with E-state index >= 15 is 0 Å². The van der Waals surface area contributed by atoms with Crippen LogP contribution in [-0.2, 0) is 16.0 Å². The summed E-state index contributed by atoms with van der Waals surface area (Å²) in [7, 11) is 0.